The third-order valence-electron chi connectivity index (χ3n) is 3.30. The molecule has 1 saturated carbocycles. The molecule has 0 aliphatic heterocycles. The zero-order valence-corrected chi connectivity index (χ0v) is 11.8. The summed E-state index contributed by atoms with van der Waals surface area (Å²) in [5.74, 6) is 0.948. The molecule has 0 bridgehead atoms. The zero-order valence-electron chi connectivity index (χ0n) is 11.8. The van der Waals surface area contributed by atoms with E-state index in [4.69, 9.17) is 0 Å². The Morgan fingerprint density at radius 3 is 2.50 bits per heavy atom. The molecule has 1 rings (SSSR count). The van der Waals surface area contributed by atoms with E-state index in [0.29, 0.717) is 19.0 Å². The second kappa shape index (κ2) is 7.95. The van der Waals surface area contributed by atoms with Gasteiger partial charge in [0.2, 0.25) is 5.91 Å². The van der Waals surface area contributed by atoms with Gasteiger partial charge in [0.1, 0.15) is 0 Å². The van der Waals surface area contributed by atoms with Gasteiger partial charge >= 0.3 is 0 Å². The molecule has 0 aromatic heterocycles. The highest BCUT2D eigenvalue weighted by Crippen LogP contribution is 2.17. The monoisotopic (exact) mass is 254 g/mol. The summed E-state index contributed by atoms with van der Waals surface area (Å²) in [6.07, 6.45) is 6.89. The molecular formula is C13H26N4O. The van der Waals surface area contributed by atoms with E-state index >= 15 is 0 Å². The number of hydrogen-bond donors (Lipinski definition) is 2. The van der Waals surface area contributed by atoms with E-state index in [2.05, 4.69) is 15.6 Å². The number of aliphatic imine (C=N–C) groups is 1. The molecule has 1 amide bonds. The lowest BCUT2D eigenvalue weighted by atomic mass is 9.96. The van der Waals surface area contributed by atoms with Gasteiger partial charge in [-0.25, -0.2) is 0 Å². The Hall–Kier alpha value is -1.26. The number of carbonyl (C=O) groups excluding carboxylic acids is 1. The van der Waals surface area contributed by atoms with Crippen LogP contribution in [0.3, 0.4) is 0 Å². The lowest BCUT2D eigenvalue weighted by Crippen LogP contribution is -2.45. The first-order chi connectivity index (χ1) is 8.63. The quantitative estimate of drug-likeness (QED) is 0.580. The van der Waals surface area contributed by atoms with Crippen LogP contribution in [0, 0.1) is 0 Å². The molecule has 2 N–H and O–H groups in total. The van der Waals surface area contributed by atoms with Crippen molar-refractivity contribution >= 4 is 11.9 Å². The number of carbonyl (C=O) groups is 1. The molecule has 0 radical (unpaired) electrons. The van der Waals surface area contributed by atoms with Crippen LogP contribution in [0.15, 0.2) is 4.99 Å². The first-order valence-corrected chi connectivity index (χ1v) is 6.81. The molecule has 0 spiro atoms. The summed E-state index contributed by atoms with van der Waals surface area (Å²) in [6, 6.07) is 0.537. The van der Waals surface area contributed by atoms with Gasteiger partial charge in [-0.2, -0.15) is 0 Å². The van der Waals surface area contributed by atoms with Crippen molar-refractivity contribution in [2.45, 2.75) is 44.6 Å². The Balaban J connectivity index is 2.23. The van der Waals surface area contributed by atoms with Crippen molar-refractivity contribution in [1.82, 2.24) is 15.5 Å². The van der Waals surface area contributed by atoms with Crippen LogP contribution in [0.25, 0.3) is 0 Å². The van der Waals surface area contributed by atoms with Crippen LogP contribution in [0.5, 0.6) is 0 Å². The molecule has 0 unspecified atom stereocenters. The molecule has 104 valence electrons. The topological polar surface area (TPSA) is 56.7 Å². The van der Waals surface area contributed by atoms with Gasteiger partial charge in [0.05, 0.1) is 0 Å². The van der Waals surface area contributed by atoms with E-state index in [9.17, 15) is 4.79 Å². The molecule has 1 fully saturated rings. The van der Waals surface area contributed by atoms with Crippen LogP contribution >= 0.6 is 0 Å². The molecule has 1 aliphatic carbocycles. The lowest BCUT2D eigenvalue weighted by molar-refractivity contribution is -0.128. The summed E-state index contributed by atoms with van der Waals surface area (Å²) in [5, 5.41) is 6.62. The molecule has 0 heterocycles. The Labute approximate surface area is 110 Å². The average Bonchev–Trinajstić information content (AvgIpc) is 2.38. The number of guanidine groups is 1. The highest BCUT2D eigenvalue weighted by molar-refractivity contribution is 5.81. The van der Waals surface area contributed by atoms with Crippen LogP contribution in [-0.2, 0) is 4.79 Å². The Morgan fingerprint density at radius 2 is 1.94 bits per heavy atom. The van der Waals surface area contributed by atoms with Crippen molar-refractivity contribution in [3.05, 3.63) is 0 Å². The average molecular weight is 254 g/mol. The maximum atomic E-state index is 11.4. The maximum Gasteiger partial charge on any atom is 0.223 e. The standard InChI is InChI=1S/C13H26N4O/c1-14-13(15-10-9-12(18)17(2)3)16-11-7-5-4-6-8-11/h11H,4-10H2,1-3H3,(H2,14,15,16). The third kappa shape index (κ3) is 5.38. The van der Waals surface area contributed by atoms with Gasteiger partial charge in [-0.05, 0) is 12.8 Å². The largest absolute Gasteiger partial charge is 0.356 e. The van der Waals surface area contributed by atoms with Gasteiger partial charge in [-0.15, -0.1) is 0 Å². The van der Waals surface area contributed by atoms with E-state index in [0.717, 1.165) is 5.96 Å². The van der Waals surface area contributed by atoms with Crippen LogP contribution in [-0.4, -0.2) is 50.5 Å². The summed E-state index contributed by atoms with van der Waals surface area (Å²) in [5.41, 5.74) is 0. The molecule has 0 atom stereocenters. The lowest BCUT2D eigenvalue weighted by Gasteiger charge is -2.24. The highest BCUT2D eigenvalue weighted by atomic mass is 16.2. The Kier molecular flexibility index (Phi) is 6.54. The number of amides is 1. The Bertz CT molecular complexity index is 283. The van der Waals surface area contributed by atoms with E-state index < -0.39 is 0 Å². The predicted octanol–water partition coefficient (Wildman–Crippen LogP) is 0.962. The molecule has 0 aromatic carbocycles. The first kappa shape index (κ1) is 14.8. The van der Waals surface area contributed by atoms with Crippen LogP contribution < -0.4 is 10.6 Å². The summed E-state index contributed by atoms with van der Waals surface area (Å²) >= 11 is 0. The third-order valence-corrected chi connectivity index (χ3v) is 3.30. The fraction of sp³-hybridized carbons (Fsp3) is 0.846. The molecule has 5 heteroatoms. The van der Waals surface area contributed by atoms with Gasteiger partial charge in [0.15, 0.2) is 5.96 Å². The van der Waals surface area contributed by atoms with Crippen molar-refractivity contribution in [3.8, 4) is 0 Å². The minimum atomic E-state index is 0.135. The second-order valence-electron chi connectivity index (χ2n) is 5.02. The molecule has 5 nitrogen and oxygen atoms in total. The van der Waals surface area contributed by atoms with Crippen molar-refractivity contribution < 1.29 is 4.79 Å². The number of hydrogen-bond acceptors (Lipinski definition) is 2. The number of rotatable bonds is 4. The normalized spacial score (nSPS) is 17.4. The van der Waals surface area contributed by atoms with Gasteiger partial charge in [0, 0.05) is 40.2 Å². The zero-order chi connectivity index (χ0) is 13.4. The SMILES string of the molecule is CN=C(NCCC(=O)N(C)C)NC1CCCCC1. The van der Waals surface area contributed by atoms with Crippen molar-refractivity contribution in [1.29, 1.82) is 0 Å². The van der Waals surface area contributed by atoms with Crippen molar-refractivity contribution in [2.75, 3.05) is 27.7 Å². The fourth-order valence-electron chi connectivity index (χ4n) is 2.15. The maximum absolute atomic E-state index is 11.4. The highest BCUT2D eigenvalue weighted by Gasteiger charge is 2.14. The van der Waals surface area contributed by atoms with E-state index in [1.54, 1.807) is 26.0 Å². The minimum Gasteiger partial charge on any atom is -0.356 e. The second-order valence-corrected chi connectivity index (χ2v) is 5.02. The Morgan fingerprint density at radius 1 is 1.28 bits per heavy atom. The minimum absolute atomic E-state index is 0.135. The number of nitrogens with one attached hydrogen (secondary N) is 2. The molecule has 18 heavy (non-hydrogen) atoms. The molecule has 0 saturated heterocycles. The molecule has 0 aromatic rings. The summed E-state index contributed by atoms with van der Waals surface area (Å²) in [7, 11) is 5.32. The number of nitrogens with zero attached hydrogens (tertiary/aromatic N) is 2. The van der Waals surface area contributed by atoms with Gasteiger partial charge in [0.25, 0.3) is 0 Å². The summed E-state index contributed by atoms with van der Waals surface area (Å²) in [6.45, 7) is 0.628. The molecular weight excluding hydrogens is 228 g/mol. The van der Waals surface area contributed by atoms with Crippen LogP contribution in [0.2, 0.25) is 0 Å². The summed E-state index contributed by atoms with van der Waals surface area (Å²) < 4.78 is 0. The van der Waals surface area contributed by atoms with E-state index in [-0.39, 0.29) is 5.91 Å². The van der Waals surface area contributed by atoms with Crippen molar-refractivity contribution in [3.63, 3.8) is 0 Å². The van der Waals surface area contributed by atoms with Crippen LogP contribution in [0.1, 0.15) is 38.5 Å². The summed E-state index contributed by atoms with van der Waals surface area (Å²) in [4.78, 5) is 17.2. The van der Waals surface area contributed by atoms with Crippen molar-refractivity contribution in [2.24, 2.45) is 4.99 Å². The van der Waals surface area contributed by atoms with E-state index in [1.165, 1.54) is 32.1 Å². The smallest absolute Gasteiger partial charge is 0.223 e. The predicted molar refractivity (Wildman–Crippen MR) is 74.7 cm³/mol. The van der Waals surface area contributed by atoms with Crippen LogP contribution in [0.4, 0.5) is 0 Å². The van der Waals surface area contributed by atoms with Gasteiger partial charge in [-0.3, -0.25) is 9.79 Å². The first-order valence-electron chi connectivity index (χ1n) is 6.81. The van der Waals surface area contributed by atoms with E-state index in [1.807, 2.05) is 0 Å². The van der Waals surface area contributed by atoms with Gasteiger partial charge in [-0.1, -0.05) is 19.3 Å². The molecule has 1 aliphatic rings. The fourth-order valence-corrected chi connectivity index (χ4v) is 2.15. The van der Waals surface area contributed by atoms with Gasteiger partial charge < -0.3 is 15.5 Å².